The van der Waals surface area contributed by atoms with Gasteiger partial charge in [0, 0.05) is 34.4 Å². The van der Waals surface area contributed by atoms with Gasteiger partial charge >= 0.3 is 11.9 Å². The van der Waals surface area contributed by atoms with Crippen LogP contribution in [-0.2, 0) is 25.5 Å². The maximum atomic E-state index is 11.0. The Morgan fingerprint density at radius 3 is 1.43 bits per heavy atom. The highest BCUT2D eigenvalue weighted by molar-refractivity contribution is 5.81. The molecule has 0 saturated carbocycles. The number of carbonyl (C=O) groups is 2. The van der Waals surface area contributed by atoms with Gasteiger partial charge in [0.25, 0.3) is 0 Å². The molecule has 3 aromatic carbocycles. The first-order valence-electron chi connectivity index (χ1n) is 18.2. The molecule has 0 bridgehead atoms. The van der Waals surface area contributed by atoms with Gasteiger partial charge in [0.15, 0.2) is 0 Å². The first kappa shape index (κ1) is 40.2. The smallest absolute Gasteiger partial charge is 0.330 e. The van der Waals surface area contributed by atoms with Gasteiger partial charge in [-0.1, -0.05) is 75.9 Å². The predicted octanol–water partition coefficient (Wildman–Crippen LogP) is 9.56. The Balaban J connectivity index is 1.40. The van der Waals surface area contributed by atoms with Crippen molar-refractivity contribution in [2.75, 3.05) is 26.4 Å². The van der Waals surface area contributed by atoms with Crippen LogP contribution < -0.4 is 9.47 Å². The van der Waals surface area contributed by atoms with Crippen LogP contribution in [0.15, 0.2) is 92.0 Å². The fourth-order valence-corrected chi connectivity index (χ4v) is 5.13. The number of rotatable bonds is 22. The summed E-state index contributed by atoms with van der Waals surface area (Å²) < 4.78 is 21.8. The van der Waals surface area contributed by atoms with E-state index >= 15 is 0 Å². The minimum absolute atomic E-state index is 0.351. The summed E-state index contributed by atoms with van der Waals surface area (Å²) in [7, 11) is 0. The van der Waals surface area contributed by atoms with E-state index in [-0.39, 0.29) is 11.9 Å². The number of esters is 2. The van der Waals surface area contributed by atoms with Crippen molar-refractivity contribution in [3.8, 4) is 35.2 Å². The summed E-state index contributed by atoms with van der Waals surface area (Å²) in [5.74, 6) is 14.2. The Labute approximate surface area is 305 Å². The summed E-state index contributed by atoms with van der Waals surface area (Å²) in [5.41, 5.74) is 5.08. The second-order valence-corrected chi connectivity index (χ2v) is 12.1. The zero-order chi connectivity index (χ0) is 36.4. The van der Waals surface area contributed by atoms with E-state index in [0.717, 1.165) is 111 Å². The van der Waals surface area contributed by atoms with E-state index in [1.165, 1.54) is 17.7 Å². The third-order valence-electron chi connectivity index (χ3n) is 7.96. The van der Waals surface area contributed by atoms with Crippen molar-refractivity contribution in [1.82, 2.24) is 0 Å². The van der Waals surface area contributed by atoms with Gasteiger partial charge in [0.1, 0.15) is 11.5 Å². The number of hydrogen-bond donors (Lipinski definition) is 0. The van der Waals surface area contributed by atoms with Crippen LogP contribution >= 0.6 is 0 Å². The molecule has 0 amide bonds. The largest absolute Gasteiger partial charge is 0.494 e. The lowest BCUT2D eigenvalue weighted by Gasteiger charge is -2.06. The number of unbranched alkanes of at least 4 members (excludes halogenated alkanes) is 8. The third kappa shape index (κ3) is 17.3. The minimum atomic E-state index is -0.368. The molecule has 0 unspecified atom stereocenters. The van der Waals surface area contributed by atoms with E-state index < -0.39 is 0 Å². The fraction of sp³-hybridized carbons (Fsp3) is 0.378. The molecule has 268 valence electrons. The summed E-state index contributed by atoms with van der Waals surface area (Å²) >= 11 is 0. The summed E-state index contributed by atoms with van der Waals surface area (Å²) in [5, 5.41) is 0. The molecule has 0 aromatic heterocycles. The number of benzene rings is 3. The third-order valence-corrected chi connectivity index (χ3v) is 7.96. The molecular weight excluding hydrogens is 636 g/mol. The quantitative estimate of drug-likeness (QED) is 0.0453. The predicted molar refractivity (Wildman–Crippen MR) is 205 cm³/mol. The van der Waals surface area contributed by atoms with Crippen molar-refractivity contribution in [3.63, 3.8) is 0 Å². The SMILES string of the molecule is C=CC(=O)OCCCCCCCCOc1ccc(C#Cc2ccc(C#Cc3ccc(OCCCCCCOC(=O)C=C)cc3)c(CCC)c2)cc1. The van der Waals surface area contributed by atoms with Gasteiger partial charge < -0.3 is 18.9 Å². The van der Waals surface area contributed by atoms with E-state index in [9.17, 15) is 9.59 Å². The molecule has 0 aliphatic carbocycles. The van der Waals surface area contributed by atoms with Crippen LogP contribution in [0, 0.1) is 23.7 Å². The average Bonchev–Trinajstić information content (AvgIpc) is 3.16. The maximum Gasteiger partial charge on any atom is 0.330 e. The molecule has 0 atom stereocenters. The van der Waals surface area contributed by atoms with Crippen molar-refractivity contribution < 1.29 is 28.5 Å². The second kappa shape index (κ2) is 24.9. The van der Waals surface area contributed by atoms with Crippen LogP contribution in [0.1, 0.15) is 105 Å². The topological polar surface area (TPSA) is 71.1 Å². The Morgan fingerprint density at radius 1 is 0.549 bits per heavy atom. The highest BCUT2D eigenvalue weighted by Crippen LogP contribution is 2.17. The number of hydrogen-bond acceptors (Lipinski definition) is 6. The molecule has 51 heavy (non-hydrogen) atoms. The molecule has 0 radical (unpaired) electrons. The lowest BCUT2D eigenvalue weighted by atomic mass is 10.00. The standard InChI is InChI=1S/C45H52O6/c1-4-17-41-36-39(19-18-37-22-28-42(29-23-37)48-32-13-9-7-8-10-15-34-50-44(46)5-2)21-27-40(41)26-20-38-24-30-43(31-25-38)49-33-14-11-12-16-35-51-45(47)6-3/h5-6,21-25,27-31,36H,2-4,7-17,32-35H2,1H3. The average molecular weight is 689 g/mol. The number of aryl methyl sites for hydroxylation is 1. The summed E-state index contributed by atoms with van der Waals surface area (Å²) in [6.07, 6.45) is 14.5. The lowest BCUT2D eigenvalue weighted by molar-refractivity contribution is -0.138. The molecule has 6 heteroatoms. The summed E-state index contributed by atoms with van der Waals surface area (Å²) in [4.78, 5) is 22.1. The zero-order valence-corrected chi connectivity index (χ0v) is 30.2. The molecule has 3 rings (SSSR count). The molecule has 6 nitrogen and oxygen atoms in total. The molecule has 3 aromatic rings. The van der Waals surface area contributed by atoms with Crippen molar-refractivity contribution in [2.24, 2.45) is 0 Å². The van der Waals surface area contributed by atoms with Crippen LogP contribution in [0.4, 0.5) is 0 Å². The zero-order valence-electron chi connectivity index (χ0n) is 30.2. The van der Waals surface area contributed by atoms with E-state index in [2.05, 4.69) is 55.9 Å². The number of carbonyl (C=O) groups excluding carboxylic acids is 2. The van der Waals surface area contributed by atoms with Gasteiger partial charge in [-0.05, 0) is 117 Å². The van der Waals surface area contributed by atoms with Crippen molar-refractivity contribution in [1.29, 1.82) is 0 Å². The fourth-order valence-electron chi connectivity index (χ4n) is 5.13. The summed E-state index contributed by atoms with van der Waals surface area (Å²) in [6.45, 7) is 11.2. The minimum Gasteiger partial charge on any atom is -0.494 e. The van der Waals surface area contributed by atoms with E-state index in [1.807, 2.05) is 54.6 Å². The van der Waals surface area contributed by atoms with E-state index in [4.69, 9.17) is 18.9 Å². The normalized spacial score (nSPS) is 10.1. The second-order valence-electron chi connectivity index (χ2n) is 12.1. The van der Waals surface area contributed by atoms with Gasteiger partial charge in [-0.2, -0.15) is 0 Å². The van der Waals surface area contributed by atoms with E-state index in [1.54, 1.807) is 0 Å². The molecule has 0 saturated heterocycles. The summed E-state index contributed by atoms with van der Waals surface area (Å²) in [6, 6.07) is 22.1. The first-order chi connectivity index (χ1) is 25.0. The van der Waals surface area contributed by atoms with Gasteiger partial charge in [0.2, 0.25) is 0 Å². The highest BCUT2D eigenvalue weighted by atomic mass is 16.5. The van der Waals surface area contributed by atoms with Crippen molar-refractivity contribution in [2.45, 2.75) is 84.0 Å². The molecule has 0 heterocycles. The van der Waals surface area contributed by atoms with Crippen molar-refractivity contribution in [3.05, 3.63) is 120 Å². The molecule has 0 aliphatic heterocycles. The Bertz CT molecular complexity index is 1630. The van der Waals surface area contributed by atoms with Crippen LogP contribution in [-0.4, -0.2) is 38.4 Å². The Hall–Kier alpha value is -5.20. The van der Waals surface area contributed by atoms with Gasteiger partial charge in [-0.25, -0.2) is 9.59 Å². The Kier molecular flexibility index (Phi) is 19.6. The molecule has 0 aliphatic rings. The number of ether oxygens (including phenoxy) is 4. The molecular formula is C45H52O6. The lowest BCUT2D eigenvalue weighted by Crippen LogP contribution is -2.02. The Morgan fingerprint density at radius 2 is 0.961 bits per heavy atom. The first-order valence-corrected chi connectivity index (χ1v) is 18.2. The van der Waals surface area contributed by atoms with Crippen molar-refractivity contribution >= 4 is 11.9 Å². The highest BCUT2D eigenvalue weighted by Gasteiger charge is 2.03. The van der Waals surface area contributed by atoms with Crippen LogP contribution in [0.2, 0.25) is 0 Å². The molecule has 0 N–H and O–H groups in total. The van der Waals surface area contributed by atoms with Gasteiger partial charge in [0.05, 0.1) is 26.4 Å². The molecule has 0 fully saturated rings. The van der Waals surface area contributed by atoms with Crippen LogP contribution in [0.5, 0.6) is 11.5 Å². The monoisotopic (exact) mass is 688 g/mol. The van der Waals surface area contributed by atoms with Crippen LogP contribution in [0.3, 0.4) is 0 Å². The van der Waals surface area contributed by atoms with Gasteiger partial charge in [-0.3, -0.25) is 0 Å². The van der Waals surface area contributed by atoms with E-state index in [0.29, 0.717) is 26.4 Å². The molecule has 0 spiro atoms. The van der Waals surface area contributed by atoms with Crippen LogP contribution in [0.25, 0.3) is 0 Å². The van der Waals surface area contributed by atoms with Gasteiger partial charge in [-0.15, -0.1) is 0 Å². The maximum absolute atomic E-state index is 11.0.